The van der Waals surface area contributed by atoms with Crippen LogP contribution in [0.2, 0.25) is 0 Å². The van der Waals surface area contributed by atoms with Crippen molar-refractivity contribution < 1.29 is 0 Å². The van der Waals surface area contributed by atoms with Crippen LogP contribution in [0.4, 0.5) is 5.82 Å². The Morgan fingerprint density at radius 1 is 1.41 bits per heavy atom. The molecule has 1 aliphatic carbocycles. The van der Waals surface area contributed by atoms with Gasteiger partial charge in [0.05, 0.1) is 5.39 Å². The summed E-state index contributed by atoms with van der Waals surface area (Å²) in [6, 6.07) is 2.55. The molecule has 2 aromatic heterocycles. The lowest BCUT2D eigenvalue weighted by Gasteiger charge is -2.20. The smallest absolute Gasteiger partial charge is 0.138 e. The first-order chi connectivity index (χ1) is 8.38. The molecular weight excluding hydrogens is 232 g/mol. The first kappa shape index (κ1) is 10.9. The van der Waals surface area contributed by atoms with E-state index in [0.717, 1.165) is 22.6 Å². The van der Waals surface area contributed by atoms with Crippen LogP contribution in [0.25, 0.3) is 10.2 Å². The van der Waals surface area contributed by atoms with E-state index in [4.69, 9.17) is 5.73 Å². The number of hydrogen-bond donors (Lipinski definition) is 2. The summed E-state index contributed by atoms with van der Waals surface area (Å²) in [7, 11) is 0. The van der Waals surface area contributed by atoms with Crippen molar-refractivity contribution in [2.45, 2.75) is 25.3 Å². The van der Waals surface area contributed by atoms with Crippen LogP contribution in [0.3, 0.4) is 0 Å². The van der Waals surface area contributed by atoms with Crippen molar-refractivity contribution in [2.75, 3.05) is 11.9 Å². The molecule has 1 aliphatic rings. The Hall–Kier alpha value is -1.20. The second-order valence-corrected chi connectivity index (χ2v) is 5.43. The number of aromatic nitrogens is 2. The van der Waals surface area contributed by atoms with Gasteiger partial charge in [-0.15, -0.1) is 11.3 Å². The number of hydrogen-bond acceptors (Lipinski definition) is 5. The molecule has 0 radical (unpaired) electrons. The van der Waals surface area contributed by atoms with Gasteiger partial charge >= 0.3 is 0 Å². The van der Waals surface area contributed by atoms with Crippen LogP contribution in [0, 0.1) is 5.92 Å². The van der Waals surface area contributed by atoms with E-state index in [-0.39, 0.29) is 0 Å². The van der Waals surface area contributed by atoms with E-state index in [2.05, 4.69) is 26.7 Å². The molecule has 0 aromatic carbocycles. The highest BCUT2D eigenvalue weighted by molar-refractivity contribution is 7.16. The highest BCUT2D eigenvalue weighted by Gasteiger charge is 2.26. The third-order valence-electron chi connectivity index (χ3n) is 3.55. The van der Waals surface area contributed by atoms with Gasteiger partial charge in [-0.3, -0.25) is 0 Å². The predicted molar refractivity (Wildman–Crippen MR) is 71.2 cm³/mol. The maximum absolute atomic E-state index is 5.80. The Balaban J connectivity index is 1.87. The molecule has 90 valence electrons. The number of nitrogens with two attached hydrogens (primary N) is 1. The van der Waals surface area contributed by atoms with Gasteiger partial charge < -0.3 is 11.1 Å². The summed E-state index contributed by atoms with van der Waals surface area (Å²) in [5.74, 6) is 1.54. The van der Waals surface area contributed by atoms with E-state index in [0.29, 0.717) is 12.0 Å². The van der Waals surface area contributed by atoms with Crippen LogP contribution in [0.15, 0.2) is 17.8 Å². The van der Waals surface area contributed by atoms with E-state index in [1.54, 1.807) is 17.7 Å². The maximum atomic E-state index is 5.80. The van der Waals surface area contributed by atoms with Crippen LogP contribution in [0.1, 0.15) is 19.3 Å². The Morgan fingerprint density at radius 3 is 3.24 bits per heavy atom. The Labute approximate surface area is 104 Å². The van der Waals surface area contributed by atoms with Gasteiger partial charge in [0.15, 0.2) is 0 Å². The summed E-state index contributed by atoms with van der Waals surface area (Å²) < 4.78 is 0. The number of fused-ring (bicyclic) bond motifs is 1. The number of rotatable bonds is 3. The van der Waals surface area contributed by atoms with E-state index >= 15 is 0 Å². The molecule has 17 heavy (non-hydrogen) atoms. The molecule has 2 unspecified atom stereocenters. The maximum Gasteiger partial charge on any atom is 0.138 e. The molecule has 0 spiro atoms. The summed E-state index contributed by atoms with van der Waals surface area (Å²) in [6.07, 6.45) is 5.31. The molecule has 1 saturated carbocycles. The zero-order valence-electron chi connectivity index (χ0n) is 9.60. The van der Waals surface area contributed by atoms with Crippen LogP contribution in [0.5, 0.6) is 0 Å². The predicted octanol–water partition coefficient (Wildman–Crippen LogP) is 2.23. The minimum Gasteiger partial charge on any atom is -0.366 e. The van der Waals surface area contributed by atoms with Gasteiger partial charge in [0.25, 0.3) is 0 Å². The van der Waals surface area contributed by atoms with E-state index in [9.17, 15) is 0 Å². The molecule has 2 heterocycles. The number of nitrogens with one attached hydrogen (secondary N) is 1. The van der Waals surface area contributed by atoms with Gasteiger partial charge in [0, 0.05) is 6.04 Å². The van der Waals surface area contributed by atoms with Crippen molar-refractivity contribution in [2.24, 2.45) is 11.7 Å². The molecule has 3 N–H and O–H groups in total. The van der Waals surface area contributed by atoms with E-state index in [1.165, 1.54) is 19.3 Å². The van der Waals surface area contributed by atoms with Crippen LogP contribution < -0.4 is 11.1 Å². The molecule has 2 aromatic rings. The minimum absolute atomic E-state index is 0.470. The first-order valence-electron chi connectivity index (χ1n) is 6.03. The van der Waals surface area contributed by atoms with Crippen molar-refractivity contribution in [3.05, 3.63) is 17.8 Å². The molecule has 0 bridgehead atoms. The number of nitrogens with zero attached hydrogens (tertiary/aromatic N) is 2. The number of thiophene rings is 1. The van der Waals surface area contributed by atoms with Gasteiger partial charge in [-0.1, -0.05) is 6.42 Å². The Morgan fingerprint density at radius 2 is 2.35 bits per heavy atom. The van der Waals surface area contributed by atoms with Gasteiger partial charge in [-0.25, -0.2) is 9.97 Å². The van der Waals surface area contributed by atoms with Gasteiger partial charge in [0.2, 0.25) is 0 Å². The Kier molecular flexibility index (Phi) is 2.94. The SMILES string of the molecule is NCC1CCCC1Nc1ncnc2sccc12. The van der Waals surface area contributed by atoms with Crippen LogP contribution in [-0.4, -0.2) is 22.6 Å². The molecule has 3 rings (SSSR count). The van der Waals surface area contributed by atoms with Crippen molar-refractivity contribution in [1.82, 2.24) is 9.97 Å². The van der Waals surface area contributed by atoms with Crippen molar-refractivity contribution in [3.8, 4) is 0 Å². The van der Waals surface area contributed by atoms with Gasteiger partial charge in [0.1, 0.15) is 17.0 Å². The second-order valence-electron chi connectivity index (χ2n) is 4.54. The van der Waals surface area contributed by atoms with Gasteiger partial charge in [-0.2, -0.15) is 0 Å². The molecular formula is C12H16N4S. The molecule has 4 nitrogen and oxygen atoms in total. The summed E-state index contributed by atoms with van der Waals surface area (Å²) in [5.41, 5.74) is 5.80. The zero-order valence-corrected chi connectivity index (χ0v) is 10.4. The summed E-state index contributed by atoms with van der Waals surface area (Å²) in [6.45, 7) is 0.759. The first-order valence-corrected chi connectivity index (χ1v) is 6.91. The average Bonchev–Trinajstić information content (AvgIpc) is 2.97. The minimum atomic E-state index is 0.470. The fraction of sp³-hybridized carbons (Fsp3) is 0.500. The molecule has 0 saturated heterocycles. The molecule has 0 amide bonds. The second kappa shape index (κ2) is 4.58. The monoisotopic (exact) mass is 248 g/mol. The third-order valence-corrected chi connectivity index (χ3v) is 4.37. The molecule has 2 atom stereocenters. The van der Waals surface area contributed by atoms with Crippen LogP contribution >= 0.6 is 11.3 Å². The molecule has 1 fully saturated rings. The fourth-order valence-electron chi connectivity index (χ4n) is 2.59. The standard InChI is InChI=1S/C12H16N4S/c13-6-8-2-1-3-10(8)16-11-9-4-5-17-12(9)15-7-14-11/h4-5,7-8,10H,1-3,6,13H2,(H,14,15,16). The van der Waals surface area contributed by atoms with Crippen molar-refractivity contribution >= 4 is 27.4 Å². The average molecular weight is 248 g/mol. The lowest BCUT2D eigenvalue weighted by molar-refractivity contribution is 0.516. The quantitative estimate of drug-likeness (QED) is 0.874. The number of anilines is 1. The van der Waals surface area contributed by atoms with Crippen LogP contribution in [-0.2, 0) is 0 Å². The topological polar surface area (TPSA) is 63.8 Å². The zero-order chi connectivity index (χ0) is 11.7. The van der Waals surface area contributed by atoms with E-state index < -0.39 is 0 Å². The van der Waals surface area contributed by atoms with Crippen molar-refractivity contribution in [3.63, 3.8) is 0 Å². The third kappa shape index (κ3) is 2.00. The highest BCUT2D eigenvalue weighted by Crippen LogP contribution is 2.30. The Bertz CT molecular complexity index is 510. The van der Waals surface area contributed by atoms with Gasteiger partial charge in [-0.05, 0) is 36.8 Å². The lowest BCUT2D eigenvalue weighted by atomic mass is 10.0. The highest BCUT2D eigenvalue weighted by atomic mass is 32.1. The van der Waals surface area contributed by atoms with Crippen molar-refractivity contribution in [1.29, 1.82) is 0 Å². The van der Waals surface area contributed by atoms with E-state index in [1.807, 2.05) is 0 Å². The molecule has 0 aliphatic heterocycles. The summed E-state index contributed by atoms with van der Waals surface area (Å²) in [4.78, 5) is 9.66. The summed E-state index contributed by atoms with van der Waals surface area (Å²) >= 11 is 1.65. The normalized spacial score (nSPS) is 24.3. The lowest BCUT2D eigenvalue weighted by Crippen LogP contribution is -2.29. The fourth-order valence-corrected chi connectivity index (χ4v) is 3.32. The summed E-state index contributed by atoms with van der Waals surface area (Å²) in [5, 5.41) is 6.73. The largest absolute Gasteiger partial charge is 0.366 e. The molecule has 5 heteroatoms.